The summed E-state index contributed by atoms with van der Waals surface area (Å²) in [7, 11) is -0.594. The summed E-state index contributed by atoms with van der Waals surface area (Å²) in [6.07, 6.45) is 4.27. The predicted molar refractivity (Wildman–Crippen MR) is 189 cm³/mol. The second-order valence-electron chi connectivity index (χ2n) is 14.3. The molecule has 3 aromatic rings. The second-order valence-corrected chi connectivity index (χ2v) is 19.1. The summed E-state index contributed by atoms with van der Waals surface area (Å²) in [5.41, 5.74) is 4.15. The maximum absolute atomic E-state index is 13.4. The minimum absolute atomic E-state index is 0.0344. The van der Waals surface area contributed by atoms with Gasteiger partial charge in [-0.15, -0.1) is 0 Å². The molecule has 2 aromatic heterocycles. The lowest BCUT2D eigenvalue weighted by molar-refractivity contribution is 0.0363. The first kappa shape index (κ1) is 34.5. The Hall–Kier alpha value is -3.83. The average molecular weight is 655 g/mol. The third-order valence-corrected chi connectivity index (χ3v) is 14.1. The standard InChI is InChI=1S/C34H45BN7O4Si/c1-24-16-29(31(44)41(20-24)11-10-40-12-14-45-15-13-40)39-32-37-9-8-28(38-32)25-17-26(19-36)30-27(18-25)34(5,21-42(30)35-23-43)22-46-47(6,7)33(2,3)4/h8-9,16-18,20,23H,10-15,21-22H2,1-7H3,(H,37,38,39)/t34-/m1/s1. The van der Waals surface area contributed by atoms with Crippen LogP contribution in [0.3, 0.4) is 0 Å². The quantitative estimate of drug-likeness (QED) is 0.234. The number of anilines is 3. The first-order chi connectivity index (χ1) is 22.2. The van der Waals surface area contributed by atoms with Crippen LogP contribution in [-0.4, -0.2) is 87.4 Å². The van der Waals surface area contributed by atoms with Crippen LogP contribution < -0.4 is 15.7 Å². The SMILES string of the molecule is Cc1cc(Nc2nccc(-c3cc(C#N)c4c(c3)[C@@](C)(CO[Si](C)(C)C(C)(C)C)CN4[B]C=O)n2)c(=O)n(CCN2CCOCC2)c1. The lowest BCUT2D eigenvalue weighted by Crippen LogP contribution is -2.46. The number of nitriles is 1. The lowest BCUT2D eigenvalue weighted by atomic mass is 9.83. The molecule has 0 spiro atoms. The van der Waals surface area contributed by atoms with E-state index in [0.29, 0.717) is 49.9 Å². The minimum atomic E-state index is -2.08. The molecule has 1 radical (unpaired) electrons. The molecule has 1 aromatic carbocycles. The number of ether oxygens (including phenoxy) is 1. The van der Waals surface area contributed by atoms with Crippen molar-refractivity contribution in [3.63, 3.8) is 0 Å². The Morgan fingerprint density at radius 2 is 1.96 bits per heavy atom. The van der Waals surface area contributed by atoms with Gasteiger partial charge in [0.15, 0.2) is 8.32 Å². The number of fused-ring (bicyclic) bond motifs is 1. The number of aromatic nitrogens is 3. The molecule has 47 heavy (non-hydrogen) atoms. The second kappa shape index (κ2) is 13.7. The highest BCUT2D eigenvalue weighted by atomic mass is 28.4. The molecule has 4 heterocycles. The highest BCUT2D eigenvalue weighted by molar-refractivity contribution is 6.74. The molecule has 5 rings (SSSR count). The molecule has 0 aliphatic carbocycles. The topological polar surface area (TPSA) is 126 Å². The third-order valence-electron chi connectivity index (χ3n) is 9.67. The largest absolute Gasteiger partial charge is 0.416 e. The van der Waals surface area contributed by atoms with E-state index >= 15 is 0 Å². The van der Waals surface area contributed by atoms with Crippen LogP contribution in [0.1, 0.15) is 44.4 Å². The number of pyridine rings is 1. The average Bonchev–Trinajstić information content (AvgIpc) is 3.32. The number of carbonyl (C=O) groups excluding carboxylic acids is 1. The Morgan fingerprint density at radius 1 is 1.21 bits per heavy atom. The van der Waals surface area contributed by atoms with E-state index < -0.39 is 13.7 Å². The number of rotatable bonds is 11. The van der Waals surface area contributed by atoms with Crippen molar-refractivity contribution in [2.45, 2.75) is 64.7 Å². The summed E-state index contributed by atoms with van der Waals surface area (Å²) >= 11 is 0. The monoisotopic (exact) mass is 654 g/mol. The van der Waals surface area contributed by atoms with Gasteiger partial charge in [0.05, 0.1) is 24.5 Å². The maximum Gasteiger partial charge on any atom is 0.329 e. The zero-order chi connectivity index (χ0) is 34.0. The number of nitrogens with one attached hydrogen (secondary N) is 1. The molecule has 11 nitrogen and oxygen atoms in total. The van der Waals surface area contributed by atoms with Gasteiger partial charge in [0.25, 0.3) is 5.56 Å². The van der Waals surface area contributed by atoms with Gasteiger partial charge >= 0.3 is 7.41 Å². The van der Waals surface area contributed by atoms with Crippen LogP contribution >= 0.6 is 0 Å². The Kier molecular flexibility index (Phi) is 10.1. The van der Waals surface area contributed by atoms with Crippen molar-refractivity contribution in [1.82, 2.24) is 19.4 Å². The van der Waals surface area contributed by atoms with Gasteiger partial charge in [-0.2, -0.15) is 5.26 Å². The van der Waals surface area contributed by atoms with E-state index in [9.17, 15) is 14.9 Å². The van der Waals surface area contributed by atoms with Crippen molar-refractivity contribution in [1.29, 1.82) is 5.26 Å². The van der Waals surface area contributed by atoms with Crippen LogP contribution in [0.15, 0.2) is 41.5 Å². The third kappa shape index (κ3) is 7.51. The van der Waals surface area contributed by atoms with Crippen molar-refractivity contribution >= 4 is 39.2 Å². The van der Waals surface area contributed by atoms with Crippen LogP contribution in [-0.2, 0) is 25.9 Å². The Morgan fingerprint density at radius 3 is 2.64 bits per heavy atom. The molecule has 1 fully saturated rings. The van der Waals surface area contributed by atoms with E-state index in [4.69, 9.17) is 14.1 Å². The fraction of sp³-hybridized carbons (Fsp3) is 0.500. The first-order valence-electron chi connectivity index (χ1n) is 16.1. The predicted octanol–water partition coefficient (Wildman–Crippen LogP) is 4.47. The summed E-state index contributed by atoms with van der Waals surface area (Å²) in [5, 5.41) is 13.4. The zero-order valence-electron chi connectivity index (χ0n) is 28.6. The molecule has 13 heteroatoms. The van der Waals surface area contributed by atoms with Gasteiger partial charge in [-0.25, -0.2) is 9.97 Å². The highest BCUT2D eigenvalue weighted by Crippen LogP contribution is 2.46. The maximum atomic E-state index is 13.4. The molecule has 1 saturated heterocycles. The van der Waals surface area contributed by atoms with Crippen molar-refractivity contribution in [3.8, 4) is 17.3 Å². The van der Waals surface area contributed by atoms with E-state index in [1.807, 2.05) is 24.0 Å². The van der Waals surface area contributed by atoms with Crippen LogP contribution in [0.25, 0.3) is 11.3 Å². The van der Waals surface area contributed by atoms with E-state index in [1.165, 1.54) is 7.41 Å². The van der Waals surface area contributed by atoms with Crippen LogP contribution in [0, 0.1) is 18.3 Å². The van der Waals surface area contributed by atoms with Gasteiger partial charge < -0.3 is 28.7 Å². The van der Waals surface area contributed by atoms with Crippen LogP contribution in [0.4, 0.5) is 17.3 Å². The first-order valence-corrected chi connectivity index (χ1v) is 19.0. The van der Waals surface area contributed by atoms with E-state index in [2.05, 4.69) is 62.1 Å². The molecule has 0 bridgehead atoms. The van der Waals surface area contributed by atoms with E-state index in [1.54, 1.807) is 29.0 Å². The van der Waals surface area contributed by atoms with Crippen LogP contribution in [0.2, 0.25) is 18.1 Å². The highest BCUT2D eigenvalue weighted by Gasteiger charge is 2.44. The van der Waals surface area contributed by atoms with Gasteiger partial charge in [0.1, 0.15) is 17.9 Å². The number of benzene rings is 1. The molecular weight excluding hydrogens is 609 g/mol. The summed E-state index contributed by atoms with van der Waals surface area (Å²) in [6, 6.07) is 9.78. The summed E-state index contributed by atoms with van der Waals surface area (Å²) in [4.78, 5) is 38.4. The molecular formula is C34H45BN7O4Si. The number of aryl methyl sites for hydroxylation is 1. The Balaban J connectivity index is 1.45. The molecule has 0 saturated carbocycles. The normalized spacial score (nSPS) is 18.5. The van der Waals surface area contributed by atoms with Gasteiger partial charge in [-0.05, 0) is 60.4 Å². The van der Waals surface area contributed by atoms with Gasteiger partial charge in [-0.3, -0.25) is 9.69 Å². The van der Waals surface area contributed by atoms with Crippen molar-refractivity contribution in [2.24, 2.45) is 0 Å². The molecule has 0 unspecified atom stereocenters. The number of hydrogen-bond acceptors (Lipinski definition) is 10. The molecule has 0 amide bonds. The molecule has 2 aliphatic heterocycles. The smallest absolute Gasteiger partial charge is 0.329 e. The van der Waals surface area contributed by atoms with Crippen molar-refractivity contribution in [3.05, 3.63) is 63.7 Å². The number of hydrogen-bond donors (Lipinski definition) is 1. The van der Waals surface area contributed by atoms with Gasteiger partial charge in [-0.1, -0.05) is 27.7 Å². The molecule has 1 atom stereocenters. The minimum Gasteiger partial charge on any atom is -0.416 e. The van der Waals surface area contributed by atoms with E-state index in [0.717, 1.165) is 48.2 Å². The fourth-order valence-electron chi connectivity index (χ4n) is 5.87. The molecule has 1 N–H and O–H groups in total. The lowest BCUT2D eigenvalue weighted by Gasteiger charge is -2.39. The number of carbonyl (C=O) groups is 1. The Bertz CT molecular complexity index is 1730. The van der Waals surface area contributed by atoms with Crippen molar-refractivity contribution in [2.75, 3.05) is 56.1 Å². The Labute approximate surface area is 279 Å². The number of morpholine rings is 1. The fourth-order valence-corrected chi connectivity index (χ4v) is 6.99. The summed E-state index contributed by atoms with van der Waals surface area (Å²) < 4.78 is 13.9. The van der Waals surface area contributed by atoms with E-state index in [-0.39, 0.29) is 16.5 Å². The van der Waals surface area contributed by atoms with Crippen molar-refractivity contribution < 1.29 is 14.0 Å². The summed E-state index contributed by atoms with van der Waals surface area (Å²) in [6.45, 7) is 20.6. The van der Waals surface area contributed by atoms with Crippen LogP contribution in [0.5, 0.6) is 0 Å². The number of nitrogens with zero attached hydrogens (tertiary/aromatic N) is 6. The molecule has 247 valence electrons. The van der Waals surface area contributed by atoms with Gasteiger partial charge in [0.2, 0.25) is 5.95 Å². The zero-order valence-corrected chi connectivity index (χ0v) is 29.6. The molecule has 2 aliphatic rings. The van der Waals surface area contributed by atoms with Gasteiger partial charge in [0, 0.05) is 68.4 Å². The summed E-state index contributed by atoms with van der Waals surface area (Å²) in [5.74, 6) is 0.281.